The molecule has 0 aliphatic heterocycles. The van der Waals surface area contributed by atoms with E-state index in [9.17, 15) is 10.1 Å². The van der Waals surface area contributed by atoms with E-state index in [1.165, 1.54) is 12.1 Å². The Bertz CT molecular complexity index is 431. The molecule has 0 aromatic heterocycles. The van der Waals surface area contributed by atoms with Crippen LogP contribution in [0.2, 0.25) is 0 Å². The molecule has 1 rings (SSSR count). The number of nitro groups is 1. The number of nitrogens with one attached hydrogen (secondary N) is 1. The minimum absolute atomic E-state index is 0.117. The van der Waals surface area contributed by atoms with Crippen LogP contribution in [0.15, 0.2) is 18.2 Å². The second-order valence-electron chi connectivity index (χ2n) is 3.44. The Hall–Kier alpha value is -2.11. The van der Waals surface area contributed by atoms with Crippen molar-refractivity contribution in [2.24, 2.45) is 5.73 Å². The number of rotatable bonds is 4. The summed E-state index contributed by atoms with van der Waals surface area (Å²) in [7, 11) is 0. The molecule has 0 saturated carbocycles. The van der Waals surface area contributed by atoms with Gasteiger partial charge in [-0.15, -0.1) is 0 Å². The van der Waals surface area contributed by atoms with Gasteiger partial charge in [0.05, 0.1) is 4.92 Å². The molecule has 0 amide bonds. The average molecular weight is 223 g/mol. The first kappa shape index (κ1) is 12.0. The van der Waals surface area contributed by atoms with Gasteiger partial charge in [-0.2, -0.15) is 0 Å². The number of hydrogen-bond acceptors (Lipinski definition) is 4. The molecular weight excluding hydrogens is 210 g/mol. The second kappa shape index (κ2) is 4.61. The first-order valence-electron chi connectivity index (χ1n) is 4.67. The maximum absolute atomic E-state index is 10.8. The van der Waals surface area contributed by atoms with Crippen LogP contribution in [0.5, 0.6) is 5.75 Å². The highest BCUT2D eigenvalue weighted by molar-refractivity contribution is 5.81. The maximum atomic E-state index is 10.8. The van der Waals surface area contributed by atoms with E-state index < -0.39 is 11.0 Å². The van der Waals surface area contributed by atoms with Crippen LogP contribution in [0, 0.1) is 22.4 Å². The van der Waals surface area contributed by atoms with Crippen molar-refractivity contribution < 1.29 is 9.66 Å². The minimum atomic E-state index is -0.679. The summed E-state index contributed by atoms with van der Waals surface area (Å²) >= 11 is 0. The number of benzene rings is 1. The number of hydrogen-bond donors (Lipinski definition) is 2. The van der Waals surface area contributed by atoms with E-state index in [1.54, 1.807) is 19.9 Å². The molecule has 0 spiro atoms. The van der Waals surface area contributed by atoms with Gasteiger partial charge in [-0.25, -0.2) is 0 Å². The van der Waals surface area contributed by atoms with Crippen molar-refractivity contribution in [3.05, 3.63) is 33.9 Å². The summed E-state index contributed by atoms with van der Waals surface area (Å²) in [4.78, 5) is 10.2. The molecule has 6 heteroatoms. The number of nitro benzene ring substituents is 1. The highest BCUT2D eigenvalue weighted by Crippen LogP contribution is 2.28. The van der Waals surface area contributed by atoms with Crippen LogP contribution >= 0.6 is 0 Å². The standard InChI is InChI=1S/C10H13N3O3/c1-6-3-4-9(8(5-6)13(14)15)16-7(2)10(11)12/h3-5,7H,1-2H3,(H3,11,12). The second-order valence-corrected chi connectivity index (χ2v) is 3.44. The van der Waals surface area contributed by atoms with Crippen LogP contribution in [0.3, 0.4) is 0 Å². The molecule has 16 heavy (non-hydrogen) atoms. The summed E-state index contributed by atoms with van der Waals surface area (Å²) in [5.74, 6) is -0.0480. The van der Waals surface area contributed by atoms with Crippen molar-refractivity contribution >= 4 is 11.5 Å². The van der Waals surface area contributed by atoms with Crippen LogP contribution in [0.1, 0.15) is 12.5 Å². The molecule has 6 nitrogen and oxygen atoms in total. The molecule has 0 bridgehead atoms. The van der Waals surface area contributed by atoms with Crippen LogP contribution < -0.4 is 10.5 Å². The molecule has 0 aliphatic rings. The number of ether oxygens (including phenoxy) is 1. The first-order valence-corrected chi connectivity index (χ1v) is 4.67. The van der Waals surface area contributed by atoms with Crippen molar-refractivity contribution in [2.45, 2.75) is 20.0 Å². The summed E-state index contributed by atoms with van der Waals surface area (Å²) in [6, 6.07) is 4.63. The lowest BCUT2D eigenvalue weighted by atomic mass is 10.2. The monoisotopic (exact) mass is 223 g/mol. The zero-order chi connectivity index (χ0) is 12.3. The van der Waals surface area contributed by atoms with Crippen LogP contribution in [0.4, 0.5) is 5.69 Å². The largest absolute Gasteiger partial charge is 0.476 e. The van der Waals surface area contributed by atoms with E-state index in [0.717, 1.165) is 5.56 Å². The van der Waals surface area contributed by atoms with Crippen molar-refractivity contribution in [1.29, 1.82) is 5.41 Å². The van der Waals surface area contributed by atoms with E-state index in [-0.39, 0.29) is 17.3 Å². The van der Waals surface area contributed by atoms with E-state index in [2.05, 4.69) is 0 Å². The molecule has 0 aliphatic carbocycles. The number of nitrogens with two attached hydrogens (primary N) is 1. The van der Waals surface area contributed by atoms with Gasteiger partial charge in [0.15, 0.2) is 11.9 Å². The predicted molar refractivity (Wildman–Crippen MR) is 59.8 cm³/mol. The van der Waals surface area contributed by atoms with E-state index in [1.807, 2.05) is 0 Å². The molecule has 0 fully saturated rings. The van der Waals surface area contributed by atoms with E-state index in [4.69, 9.17) is 15.9 Å². The third kappa shape index (κ3) is 2.69. The smallest absolute Gasteiger partial charge is 0.311 e. The molecule has 86 valence electrons. The Balaban J connectivity index is 3.04. The van der Waals surface area contributed by atoms with Crippen molar-refractivity contribution in [3.63, 3.8) is 0 Å². The molecule has 3 N–H and O–H groups in total. The minimum Gasteiger partial charge on any atom is -0.476 e. The molecule has 0 radical (unpaired) electrons. The fraction of sp³-hybridized carbons (Fsp3) is 0.300. The predicted octanol–water partition coefficient (Wildman–Crippen LogP) is 1.61. The van der Waals surface area contributed by atoms with Crippen LogP contribution in [-0.4, -0.2) is 16.9 Å². The number of aryl methyl sites for hydroxylation is 1. The topological polar surface area (TPSA) is 102 Å². The summed E-state index contributed by atoms with van der Waals surface area (Å²) in [6.45, 7) is 3.32. The zero-order valence-electron chi connectivity index (χ0n) is 9.06. The van der Waals surface area contributed by atoms with Crippen LogP contribution in [0.25, 0.3) is 0 Å². The van der Waals surface area contributed by atoms with Gasteiger partial charge in [0.2, 0.25) is 0 Å². The fourth-order valence-electron chi connectivity index (χ4n) is 1.12. The summed E-state index contributed by atoms with van der Waals surface area (Å²) in [5.41, 5.74) is 5.88. The van der Waals surface area contributed by atoms with Crippen molar-refractivity contribution in [1.82, 2.24) is 0 Å². The maximum Gasteiger partial charge on any atom is 0.311 e. The summed E-state index contributed by atoms with van der Waals surface area (Å²) in [5, 5.41) is 17.9. The van der Waals surface area contributed by atoms with Crippen LogP contribution in [-0.2, 0) is 0 Å². The lowest BCUT2D eigenvalue weighted by molar-refractivity contribution is -0.386. The Morgan fingerprint density at radius 2 is 2.25 bits per heavy atom. The number of amidine groups is 1. The normalized spacial score (nSPS) is 11.9. The van der Waals surface area contributed by atoms with Gasteiger partial charge in [-0.05, 0) is 25.5 Å². The Morgan fingerprint density at radius 1 is 1.62 bits per heavy atom. The fourth-order valence-corrected chi connectivity index (χ4v) is 1.12. The van der Waals surface area contributed by atoms with E-state index >= 15 is 0 Å². The van der Waals surface area contributed by atoms with Gasteiger partial charge in [-0.3, -0.25) is 15.5 Å². The summed E-state index contributed by atoms with van der Waals surface area (Å²) < 4.78 is 5.23. The quantitative estimate of drug-likeness (QED) is 0.350. The molecular formula is C10H13N3O3. The van der Waals surface area contributed by atoms with Crippen molar-refractivity contribution in [2.75, 3.05) is 0 Å². The van der Waals surface area contributed by atoms with Gasteiger partial charge in [0, 0.05) is 6.07 Å². The van der Waals surface area contributed by atoms with Gasteiger partial charge in [0.1, 0.15) is 5.84 Å². The Morgan fingerprint density at radius 3 is 2.75 bits per heavy atom. The SMILES string of the molecule is Cc1ccc(OC(C)C(=N)N)c([N+](=O)[O-])c1. The Labute approximate surface area is 92.7 Å². The van der Waals surface area contributed by atoms with Crippen molar-refractivity contribution in [3.8, 4) is 5.75 Å². The van der Waals surface area contributed by atoms with Gasteiger partial charge in [0.25, 0.3) is 0 Å². The highest BCUT2D eigenvalue weighted by Gasteiger charge is 2.18. The molecule has 1 aromatic carbocycles. The number of nitrogens with zero attached hydrogens (tertiary/aromatic N) is 1. The van der Waals surface area contributed by atoms with Gasteiger partial charge < -0.3 is 10.5 Å². The van der Waals surface area contributed by atoms with Gasteiger partial charge >= 0.3 is 5.69 Å². The first-order chi connectivity index (χ1) is 7.41. The third-order valence-electron chi connectivity index (χ3n) is 2.05. The third-order valence-corrected chi connectivity index (χ3v) is 2.05. The lowest BCUT2D eigenvalue weighted by Crippen LogP contribution is -2.30. The zero-order valence-corrected chi connectivity index (χ0v) is 9.06. The van der Waals surface area contributed by atoms with Gasteiger partial charge in [-0.1, -0.05) is 6.07 Å². The Kier molecular flexibility index (Phi) is 3.44. The molecule has 1 atom stereocenters. The highest BCUT2D eigenvalue weighted by atomic mass is 16.6. The molecule has 0 heterocycles. The lowest BCUT2D eigenvalue weighted by Gasteiger charge is -2.13. The van der Waals surface area contributed by atoms with E-state index in [0.29, 0.717) is 0 Å². The molecule has 1 unspecified atom stereocenters. The average Bonchev–Trinajstić information content (AvgIpc) is 2.20. The molecule has 0 saturated heterocycles. The molecule has 1 aromatic rings. The summed E-state index contributed by atoms with van der Waals surface area (Å²) in [6.07, 6.45) is -0.679.